The summed E-state index contributed by atoms with van der Waals surface area (Å²) in [6, 6.07) is 2.07. The number of hydrogen-bond acceptors (Lipinski definition) is 3. The standard InChI is InChI=1S/C15H24N4O2/c1-11-9-12(2)19(18-11)8-7-14(20)16-10-13-5-3-4-6-15(21)17-13/h9,13H,3-8,10H2,1-2H3,(H,16,20)(H,17,21). The summed E-state index contributed by atoms with van der Waals surface area (Å²) >= 11 is 0. The van der Waals surface area contributed by atoms with Crippen LogP contribution in [0.4, 0.5) is 0 Å². The van der Waals surface area contributed by atoms with Gasteiger partial charge in [-0.15, -0.1) is 0 Å². The summed E-state index contributed by atoms with van der Waals surface area (Å²) in [5.74, 6) is 0.0930. The van der Waals surface area contributed by atoms with Gasteiger partial charge in [0.15, 0.2) is 0 Å². The minimum absolute atomic E-state index is 0.000971. The van der Waals surface area contributed by atoms with E-state index in [1.54, 1.807) is 0 Å². The second-order valence-corrected chi connectivity index (χ2v) is 5.71. The highest BCUT2D eigenvalue weighted by molar-refractivity contribution is 5.77. The van der Waals surface area contributed by atoms with Crippen LogP contribution < -0.4 is 10.6 Å². The highest BCUT2D eigenvalue weighted by Crippen LogP contribution is 2.08. The Morgan fingerprint density at radius 1 is 1.48 bits per heavy atom. The zero-order valence-electron chi connectivity index (χ0n) is 12.8. The third kappa shape index (κ3) is 4.88. The van der Waals surface area contributed by atoms with Gasteiger partial charge in [-0.25, -0.2) is 0 Å². The highest BCUT2D eigenvalue weighted by Gasteiger charge is 2.16. The minimum Gasteiger partial charge on any atom is -0.354 e. The van der Waals surface area contributed by atoms with Crippen LogP contribution >= 0.6 is 0 Å². The van der Waals surface area contributed by atoms with Gasteiger partial charge in [-0.1, -0.05) is 6.42 Å². The maximum absolute atomic E-state index is 11.9. The van der Waals surface area contributed by atoms with Gasteiger partial charge in [0.25, 0.3) is 0 Å². The summed E-state index contributed by atoms with van der Waals surface area (Å²) in [5, 5.41) is 10.2. The Morgan fingerprint density at radius 2 is 2.29 bits per heavy atom. The summed E-state index contributed by atoms with van der Waals surface area (Å²) in [6.45, 7) is 5.03. The molecule has 116 valence electrons. The smallest absolute Gasteiger partial charge is 0.221 e. The highest BCUT2D eigenvalue weighted by atomic mass is 16.2. The molecule has 2 rings (SSSR count). The Labute approximate surface area is 125 Å². The molecule has 2 heterocycles. The monoisotopic (exact) mass is 292 g/mol. The molecule has 1 aromatic rings. The fourth-order valence-electron chi connectivity index (χ4n) is 2.64. The average molecular weight is 292 g/mol. The van der Waals surface area contributed by atoms with Crippen molar-refractivity contribution < 1.29 is 9.59 Å². The summed E-state index contributed by atoms with van der Waals surface area (Å²) in [4.78, 5) is 23.3. The molecule has 2 N–H and O–H groups in total. The predicted molar refractivity (Wildman–Crippen MR) is 79.7 cm³/mol. The number of hydrogen-bond donors (Lipinski definition) is 2. The molecule has 1 aliphatic heterocycles. The van der Waals surface area contributed by atoms with Gasteiger partial charge in [0, 0.05) is 37.7 Å². The van der Waals surface area contributed by atoms with E-state index in [2.05, 4.69) is 15.7 Å². The quantitative estimate of drug-likeness (QED) is 0.852. The Kier molecular flexibility index (Phi) is 5.36. The van der Waals surface area contributed by atoms with Crippen molar-refractivity contribution in [1.29, 1.82) is 0 Å². The van der Waals surface area contributed by atoms with Crippen molar-refractivity contribution in [2.45, 2.75) is 58.5 Å². The third-order valence-electron chi connectivity index (χ3n) is 3.77. The second-order valence-electron chi connectivity index (χ2n) is 5.71. The Hall–Kier alpha value is -1.85. The first kappa shape index (κ1) is 15.5. The molecular formula is C15H24N4O2. The molecule has 2 amide bonds. The number of nitrogens with zero attached hydrogens (tertiary/aromatic N) is 2. The predicted octanol–water partition coefficient (Wildman–Crippen LogP) is 1.07. The molecule has 1 fully saturated rings. The number of amides is 2. The maximum atomic E-state index is 11.9. The van der Waals surface area contributed by atoms with Crippen molar-refractivity contribution >= 4 is 11.8 Å². The first-order valence-electron chi connectivity index (χ1n) is 7.61. The van der Waals surface area contributed by atoms with Crippen LogP contribution in [0.3, 0.4) is 0 Å². The average Bonchev–Trinajstić information content (AvgIpc) is 2.62. The SMILES string of the molecule is Cc1cc(C)n(CCC(=O)NCC2CCCCC(=O)N2)n1. The number of rotatable bonds is 5. The van der Waals surface area contributed by atoms with Crippen molar-refractivity contribution in [3.63, 3.8) is 0 Å². The first-order chi connectivity index (χ1) is 10.0. The van der Waals surface area contributed by atoms with Gasteiger partial charge in [0.1, 0.15) is 0 Å². The molecule has 1 atom stereocenters. The molecule has 6 nitrogen and oxygen atoms in total. The fourth-order valence-corrected chi connectivity index (χ4v) is 2.64. The van der Waals surface area contributed by atoms with Crippen LogP contribution in [0.15, 0.2) is 6.07 Å². The lowest BCUT2D eigenvalue weighted by Crippen LogP contribution is -2.42. The molecule has 0 bridgehead atoms. The van der Waals surface area contributed by atoms with Gasteiger partial charge in [-0.3, -0.25) is 14.3 Å². The lowest BCUT2D eigenvalue weighted by Gasteiger charge is -2.16. The molecule has 0 radical (unpaired) electrons. The Bertz CT molecular complexity index is 510. The topological polar surface area (TPSA) is 76.0 Å². The Morgan fingerprint density at radius 3 is 3.00 bits per heavy atom. The second kappa shape index (κ2) is 7.24. The molecule has 0 saturated carbocycles. The largest absolute Gasteiger partial charge is 0.354 e. The van der Waals surface area contributed by atoms with E-state index >= 15 is 0 Å². The lowest BCUT2D eigenvalue weighted by molar-refractivity contribution is -0.123. The van der Waals surface area contributed by atoms with Crippen molar-refractivity contribution in [2.75, 3.05) is 6.54 Å². The molecule has 1 aliphatic rings. The van der Waals surface area contributed by atoms with Crippen LogP contribution in [-0.4, -0.2) is 34.2 Å². The van der Waals surface area contributed by atoms with Gasteiger partial charge < -0.3 is 10.6 Å². The Balaban J connectivity index is 1.72. The van der Waals surface area contributed by atoms with E-state index in [0.717, 1.165) is 30.7 Å². The van der Waals surface area contributed by atoms with E-state index in [1.807, 2.05) is 24.6 Å². The number of aryl methyl sites for hydroxylation is 3. The molecule has 1 unspecified atom stereocenters. The normalized spacial score (nSPS) is 19.0. The zero-order chi connectivity index (χ0) is 15.2. The third-order valence-corrected chi connectivity index (χ3v) is 3.77. The summed E-state index contributed by atoms with van der Waals surface area (Å²) in [6.07, 6.45) is 3.91. The van der Waals surface area contributed by atoms with Gasteiger partial charge in [0.2, 0.25) is 11.8 Å². The van der Waals surface area contributed by atoms with Gasteiger partial charge in [-0.2, -0.15) is 5.10 Å². The van der Waals surface area contributed by atoms with E-state index in [1.165, 1.54) is 0 Å². The summed E-state index contributed by atoms with van der Waals surface area (Å²) in [5.41, 5.74) is 2.03. The van der Waals surface area contributed by atoms with E-state index in [4.69, 9.17) is 0 Å². The molecule has 0 spiro atoms. The lowest BCUT2D eigenvalue weighted by atomic mass is 10.1. The van der Waals surface area contributed by atoms with Gasteiger partial charge >= 0.3 is 0 Å². The van der Waals surface area contributed by atoms with Gasteiger partial charge in [0.05, 0.1) is 5.69 Å². The van der Waals surface area contributed by atoms with Crippen molar-refractivity contribution in [3.8, 4) is 0 Å². The number of carbonyl (C=O) groups excluding carboxylic acids is 2. The number of nitrogens with one attached hydrogen (secondary N) is 2. The summed E-state index contributed by atoms with van der Waals surface area (Å²) < 4.78 is 1.85. The number of carbonyl (C=O) groups is 2. The van der Waals surface area contributed by atoms with Crippen LogP contribution in [0.2, 0.25) is 0 Å². The molecule has 1 saturated heterocycles. The first-order valence-corrected chi connectivity index (χ1v) is 7.61. The van der Waals surface area contributed by atoms with Crippen molar-refractivity contribution in [1.82, 2.24) is 20.4 Å². The fraction of sp³-hybridized carbons (Fsp3) is 0.667. The molecular weight excluding hydrogens is 268 g/mol. The van der Waals surface area contributed by atoms with Crippen LogP contribution in [0, 0.1) is 13.8 Å². The van der Waals surface area contributed by atoms with E-state index in [0.29, 0.717) is 25.9 Å². The minimum atomic E-state index is 0.000971. The van der Waals surface area contributed by atoms with E-state index in [9.17, 15) is 9.59 Å². The van der Waals surface area contributed by atoms with E-state index < -0.39 is 0 Å². The molecule has 0 aliphatic carbocycles. The van der Waals surface area contributed by atoms with Crippen LogP contribution in [0.25, 0.3) is 0 Å². The molecule has 6 heteroatoms. The number of aromatic nitrogens is 2. The van der Waals surface area contributed by atoms with Crippen LogP contribution in [-0.2, 0) is 16.1 Å². The summed E-state index contributed by atoms with van der Waals surface area (Å²) in [7, 11) is 0. The van der Waals surface area contributed by atoms with Crippen molar-refractivity contribution in [3.05, 3.63) is 17.5 Å². The van der Waals surface area contributed by atoms with Crippen LogP contribution in [0.1, 0.15) is 43.5 Å². The van der Waals surface area contributed by atoms with Crippen LogP contribution in [0.5, 0.6) is 0 Å². The van der Waals surface area contributed by atoms with Crippen molar-refractivity contribution in [2.24, 2.45) is 0 Å². The molecule has 1 aromatic heterocycles. The zero-order valence-corrected chi connectivity index (χ0v) is 12.8. The maximum Gasteiger partial charge on any atom is 0.221 e. The van der Waals surface area contributed by atoms with E-state index in [-0.39, 0.29) is 17.9 Å². The van der Waals surface area contributed by atoms with Gasteiger partial charge in [-0.05, 0) is 32.8 Å². The molecule has 21 heavy (non-hydrogen) atoms. The molecule has 0 aromatic carbocycles.